The van der Waals surface area contributed by atoms with Crippen LogP contribution in [0.2, 0.25) is 0 Å². The summed E-state index contributed by atoms with van der Waals surface area (Å²) in [6.07, 6.45) is 3.92. The third-order valence-corrected chi connectivity index (χ3v) is 1.68. The van der Waals surface area contributed by atoms with Crippen LogP contribution in [-0.4, -0.2) is 15.6 Å². The van der Waals surface area contributed by atoms with Gasteiger partial charge in [0.25, 0.3) is 0 Å². The SMILES string of the molecule is CCCC(=O)Cc1ccn(C)n1. The van der Waals surface area contributed by atoms with Crippen LogP contribution in [0.1, 0.15) is 25.5 Å². The van der Waals surface area contributed by atoms with Gasteiger partial charge in [-0.15, -0.1) is 0 Å². The molecule has 12 heavy (non-hydrogen) atoms. The first-order valence-electron chi connectivity index (χ1n) is 4.22. The van der Waals surface area contributed by atoms with E-state index in [9.17, 15) is 4.79 Å². The maximum absolute atomic E-state index is 11.2. The second kappa shape index (κ2) is 4.04. The summed E-state index contributed by atoms with van der Waals surface area (Å²) >= 11 is 0. The molecule has 0 aliphatic heterocycles. The number of Topliss-reactive ketones (excluding diaryl/α,β-unsaturated/α-hetero) is 1. The van der Waals surface area contributed by atoms with Gasteiger partial charge in [0.1, 0.15) is 5.78 Å². The third-order valence-electron chi connectivity index (χ3n) is 1.68. The van der Waals surface area contributed by atoms with E-state index in [2.05, 4.69) is 5.10 Å². The summed E-state index contributed by atoms with van der Waals surface area (Å²) in [6.45, 7) is 2.01. The van der Waals surface area contributed by atoms with Crippen molar-refractivity contribution >= 4 is 5.78 Å². The quantitative estimate of drug-likeness (QED) is 0.676. The Morgan fingerprint density at radius 2 is 2.42 bits per heavy atom. The first-order chi connectivity index (χ1) is 5.72. The van der Waals surface area contributed by atoms with E-state index in [0.29, 0.717) is 12.8 Å². The van der Waals surface area contributed by atoms with E-state index >= 15 is 0 Å². The highest BCUT2D eigenvalue weighted by molar-refractivity contribution is 5.80. The Labute approximate surface area is 72.4 Å². The predicted octanol–water partition coefficient (Wildman–Crippen LogP) is 1.33. The Balaban J connectivity index is 2.46. The lowest BCUT2D eigenvalue weighted by atomic mass is 10.1. The second-order valence-electron chi connectivity index (χ2n) is 2.95. The van der Waals surface area contributed by atoms with Gasteiger partial charge in [0.2, 0.25) is 0 Å². The highest BCUT2D eigenvalue weighted by Gasteiger charge is 2.03. The number of aromatic nitrogens is 2. The molecule has 3 nitrogen and oxygen atoms in total. The molecule has 0 saturated heterocycles. The molecule has 3 heteroatoms. The minimum atomic E-state index is 0.274. The topological polar surface area (TPSA) is 34.9 Å². The van der Waals surface area contributed by atoms with Crippen LogP contribution in [0.25, 0.3) is 0 Å². The Morgan fingerprint density at radius 3 is 2.92 bits per heavy atom. The van der Waals surface area contributed by atoms with Crippen LogP contribution in [0, 0.1) is 0 Å². The monoisotopic (exact) mass is 166 g/mol. The molecule has 1 rings (SSSR count). The van der Waals surface area contributed by atoms with E-state index in [4.69, 9.17) is 0 Å². The van der Waals surface area contributed by atoms with Crippen molar-refractivity contribution in [3.05, 3.63) is 18.0 Å². The number of hydrogen-bond donors (Lipinski definition) is 0. The van der Waals surface area contributed by atoms with E-state index in [-0.39, 0.29) is 5.78 Å². The largest absolute Gasteiger partial charge is 0.299 e. The predicted molar refractivity (Wildman–Crippen MR) is 46.8 cm³/mol. The van der Waals surface area contributed by atoms with Gasteiger partial charge in [0.15, 0.2) is 0 Å². The summed E-state index contributed by atoms with van der Waals surface area (Å²) in [6, 6.07) is 1.88. The lowest BCUT2D eigenvalue weighted by molar-refractivity contribution is -0.118. The fourth-order valence-electron chi connectivity index (χ4n) is 1.13. The second-order valence-corrected chi connectivity index (χ2v) is 2.95. The van der Waals surface area contributed by atoms with Crippen molar-refractivity contribution in [2.75, 3.05) is 0 Å². The van der Waals surface area contributed by atoms with Gasteiger partial charge in [-0.3, -0.25) is 9.48 Å². The van der Waals surface area contributed by atoms with Crippen molar-refractivity contribution in [3.8, 4) is 0 Å². The first-order valence-corrected chi connectivity index (χ1v) is 4.22. The molecule has 0 amide bonds. The normalized spacial score (nSPS) is 10.2. The van der Waals surface area contributed by atoms with Crippen LogP contribution < -0.4 is 0 Å². The fourth-order valence-corrected chi connectivity index (χ4v) is 1.13. The zero-order valence-corrected chi connectivity index (χ0v) is 7.58. The summed E-state index contributed by atoms with van der Waals surface area (Å²) in [5.74, 6) is 0.274. The van der Waals surface area contributed by atoms with Crippen molar-refractivity contribution in [3.63, 3.8) is 0 Å². The lowest BCUT2D eigenvalue weighted by Crippen LogP contribution is -2.02. The van der Waals surface area contributed by atoms with Gasteiger partial charge in [0.05, 0.1) is 12.1 Å². The van der Waals surface area contributed by atoms with Crippen LogP contribution in [0.15, 0.2) is 12.3 Å². The molecule has 0 saturated carbocycles. The molecule has 0 fully saturated rings. The van der Waals surface area contributed by atoms with E-state index in [0.717, 1.165) is 12.1 Å². The maximum Gasteiger partial charge on any atom is 0.138 e. The standard InChI is InChI=1S/C9H14N2O/c1-3-4-9(12)7-8-5-6-11(2)10-8/h5-6H,3-4,7H2,1-2H3. The molecule has 0 aliphatic rings. The molecule has 0 atom stereocenters. The number of ketones is 1. The Kier molecular flexibility index (Phi) is 3.02. The highest BCUT2D eigenvalue weighted by Crippen LogP contribution is 1.99. The number of carbonyl (C=O) groups is 1. The third kappa shape index (κ3) is 2.49. The minimum Gasteiger partial charge on any atom is -0.299 e. The van der Waals surface area contributed by atoms with Crippen molar-refractivity contribution in [2.24, 2.45) is 7.05 Å². The van der Waals surface area contributed by atoms with Gasteiger partial charge in [-0.25, -0.2) is 0 Å². The number of carbonyl (C=O) groups excluding carboxylic acids is 1. The van der Waals surface area contributed by atoms with Gasteiger partial charge in [-0.2, -0.15) is 5.10 Å². The Hall–Kier alpha value is -1.12. The molecule has 0 unspecified atom stereocenters. The molecular formula is C9H14N2O. The van der Waals surface area contributed by atoms with E-state index in [1.807, 2.05) is 26.2 Å². The summed E-state index contributed by atoms with van der Waals surface area (Å²) < 4.78 is 1.72. The van der Waals surface area contributed by atoms with E-state index in [1.165, 1.54) is 0 Å². The number of rotatable bonds is 4. The van der Waals surface area contributed by atoms with Gasteiger partial charge < -0.3 is 0 Å². The summed E-state index contributed by atoms with van der Waals surface area (Å²) in [5, 5.41) is 4.13. The smallest absolute Gasteiger partial charge is 0.138 e. The van der Waals surface area contributed by atoms with Crippen molar-refractivity contribution < 1.29 is 4.79 Å². The molecule has 0 spiro atoms. The molecular weight excluding hydrogens is 152 g/mol. The Bertz CT molecular complexity index is 265. The fraction of sp³-hybridized carbons (Fsp3) is 0.556. The molecule has 0 bridgehead atoms. The van der Waals surface area contributed by atoms with Crippen LogP contribution in [0.5, 0.6) is 0 Å². The molecule has 0 aromatic carbocycles. The van der Waals surface area contributed by atoms with Crippen LogP contribution >= 0.6 is 0 Å². The average Bonchev–Trinajstić information content (AvgIpc) is 2.36. The van der Waals surface area contributed by atoms with Crippen molar-refractivity contribution in [1.82, 2.24) is 9.78 Å². The molecule has 1 aromatic rings. The number of hydrogen-bond acceptors (Lipinski definition) is 2. The highest BCUT2D eigenvalue weighted by atomic mass is 16.1. The molecule has 0 N–H and O–H groups in total. The van der Waals surface area contributed by atoms with Crippen LogP contribution in [0.3, 0.4) is 0 Å². The van der Waals surface area contributed by atoms with E-state index in [1.54, 1.807) is 4.68 Å². The van der Waals surface area contributed by atoms with Gasteiger partial charge in [-0.05, 0) is 12.5 Å². The molecule has 1 heterocycles. The zero-order chi connectivity index (χ0) is 8.97. The van der Waals surface area contributed by atoms with Gasteiger partial charge in [0, 0.05) is 19.7 Å². The summed E-state index contributed by atoms with van der Waals surface area (Å²) in [7, 11) is 1.85. The number of nitrogens with zero attached hydrogens (tertiary/aromatic N) is 2. The van der Waals surface area contributed by atoms with Gasteiger partial charge >= 0.3 is 0 Å². The Morgan fingerprint density at radius 1 is 1.67 bits per heavy atom. The molecule has 0 aliphatic carbocycles. The van der Waals surface area contributed by atoms with Crippen molar-refractivity contribution in [1.29, 1.82) is 0 Å². The van der Waals surface area contributed by atoms with Crippen molar-refractivity contribution in [2.45, 2.75) is 26.2 Å². The van der Waals surface area contributed by atoms with Gasteiger partial charge in [-0.1, -0.05) is 6.92 Å². The minimum absolute atomic E-state index is 0.274. The van der Waals surface area contributed by atoms with Crippen LogP contribution in [0.4, 0.5) is 0 Å². The van der Waals surface area contributed by atoms with Crippen LogP contribution in [-0.2, 0) is 18.3 Å². The summed E-state index contributed by atoms with van der Waals surface area (Å²) in [5.41, 5.74) is 0.871. The van der Waals surface area contributed by atoms with E-state index < -0.39 is 0 Å². The first kappa shape index (κ1) is 8.97. The average molecular weight is 166 g/mol. The zero-order valence-electron chi connectivity index (χ0n) is 7.58. The maximum atomic E-state index is 11.2. The lowest BCUT2D eigenvalue weighted by Gasteiger charge is -1.93. The molecule has 0 radical (unpaired) electrons. The molecule has 1 aromatic heterocycles. The number of aryl methyl sites for hydroxylation is 1. The molecule has 66 valence electrons. The summed E-state index contributed by atoms with van der Waals surface area (Å²) in [4.78, 5) is 11.2.